The summed E-state index contributed by atoms with van der Waals surface area (Å²) in [5.41, 5.74) is 3.34. The second-order valence-corrected chi connectivity index (χ2v) is 5.39. The number of carbonyl (C=O) groups excluding carboxylic acids is 1. The maximum Gasteiger partial charge on any atom is 0.256 e. The lowest BCUT2D eigenvalue weighted by Crippen LogP contribution is -2.03. The molecule has 4 heteroatoms. The van der Waals surface area contributed by atoms with Crippen LogP contribution in [0, 0.1) is 0 Å². The van der Waals surface area contributed by atoms with Gasteiger partial charge in [-0.3, -0.25) is 4.79 Å². The molecule has 1 aliphatic rings. The second-order valence-electron chi connectivity index (χ2n) is 4.48. The number of hydrogen-bond donors (Lipinski definition) is 1. The third-order valence-corrected chi connectivity index (χ3v) is 3.66. The first-order valence-electron chi connectivity index (χ1n) is 6.14. The van der Waals surface area contributed by atoms with Crippen molar-refractivity contribution in [2.45, 2.75) is 0 Å². The molecule has 0 radical (unpaired) electrons. The van der Waals surface area contributed by atoms with Crippen LogP contribution in [-0.4, -0.2) is 13.0 Å². The zero-order valence-electron chi connectivity index (χ0n) is 10.8. The zero-order valence-corrected chi connectivity index (χ0v) is 12.4. The summed E-state index contributed by atoms with van der Waals surface area (Å²) in [4.78, 5) is 12.1. The first-order chi connectivity index (χ1) is 9.67. The number of benzene rings is 2. The minimum Gasteiger partial charge on any atom is -0.497 e. The van der Waals surface area contributed by atoms with Gasteiger partial charge in [0.15, 0.2) is 0 Å². The quantitative estimate of drug-likeness (QED) is 0.847. The predicted molar refractivity (Wildman–Crippen MR) is 83.6 cm³/mol. The third-order valence-electron chi connectivity index (χ3n) is 3.17. The number of ether oxygens (including phenoxy) is 1. The van der Waals surface area contributed by atoms with Crippen molar-refractivity contribution in [2.24, 2.45) is 0 Å². The van der Waals surface area contributed by atoms with E-state index in [1.54, 1.807) is 7.11 Å². The number of hydrogen-bond acceptors (Lipinski definition) is 2. The van der Waals surface area contributed by atoms with Crippen molar-refractivity contribution in [3.8, 4) is 5.75 Å². The highest BCUT2D eigenvalue weighted by Crippen LogP contribution is 2.35. The van der Waals surface area contributed by atoms with E-state index in [1.165, 1.54) is 0 Å². The summed E-state index contributed by atoms with van der Waals surface area (Å²) < 4.78 is 6.15. The van der Waals surface area contributed by atoms with Crippen molar-refractivity contribution < 1.29 is 9.53 Å². The lowest BCUT2D eigenvalue weighted by molar-refractivity contribution is -0.110. The molecule has 100 valence electrons. The Kier molecular flexibility index (Phi) is 3.32. The summed E-state index contributed by atoms with van der Waals surface area (Å²) in [6, 6.07) is 13.4. The molecule has 1 heterocycles. The van der Waals surface area contributed by atoms with Crippen LogP contribution in [0.1, 0.15) is 11.1 Å². The first-order valence-corrected chi connectivity index (χ1v) is 6.94. The highest BCUT2D eigenvalue weighted by atomic mass is 79.9. The van der Waals surface area contributed by atoms with Gasteiger partial charge in [-0.2, -0.15) is 0 Å². The molecule has 0 saturated carbocycles. The van der Waals surface area contributed by atoms with Crippen LogP contribution >= 0.6 is 15.9 Å². The number of rotatable bonds is 2. The summed E-state index contributed by atoms with van der Waals surface area (Å²) in [6.45, 7) is 0. The van der Waals surface area contributed by atoms with Crippen LogP contribution < -0.4 is 10.1 Å². The van der Waals surface area contributed by atoms with E-state index in [-0.39, 0.29) is 5.91 Å². The number of anilines is 1. The molecule has 1 amide bonds. The van der Waals surface area contributed by atoms with Gasteiger partial charge in [0.25, 0.3) is 5.91 Å². The summed E-state index contributed by atoms with van der Waals surface area (Å²) in [7, 11) is 1.63. The van der Waals surface area contributed by atoms with Crippen LogP contribution in [0.15, 0.2) is 46.9 Å². The van der Waals surface area contributed by atoms with Crippen molar-refractivity contribution >= 4 is 39.2 Å². The topological polar surface area (TPSA) is 38.3 Å². The van der Waals surface area contributed by atoms with Crippen molar-refractivity contribution in [2.75, 3.05) is 12.4 Å². The highest BCUT2D eigenvalue weighted by Gasteiger charge is 2.23. The van der Waals surface area contributed by atoms with Crippen molar-refractivity contribution in [1.82, 2.24) is 0 Å². The molecule has 0 unspecified atom stereocenters. The van der Waals surface area contributed by atoms with Crippen LogP contribution in [0.3, 0.4) is 0 Å². The van der Waals surface area contributed by atoms with E-state index in [2.05, 4.69) is 21.2 Å². The third kappa shape index (κ3) is 2.34. The van der Waals surface area contributed by atoms with Gasteiger partial charge in [0.1, 0.15) is 5.75 Å². The van der Waals surface area contributed by atoms with E-state index in [9.17, 15) is 4.79 Å². The lowest BCUT2D eigenvalue weighted by Gasteiger charge is -2.02. The Balaban J connectivity index is 2.08. The average Bonchev–Trinajstić information content (AvgIpc) is 2.75. The molecular weight excluding hydrogens is 318 g/mol. The van der Waals surface area contributed by atoms with Crippen LogP contribution in [-0.2, 0) is 4.79 Å². The molecule has 0 aromatic heterocycles. The molecule has 0 bridgehead atoms. The van der Waals surface area contributed by atoms with Crippen LogP contribution in [0.25, 0.3) is 11.6 Å². The number of carbonyl (C=O) groups is 1. The molecule has 20 heavy (non-hydrogen) atoms. The van der Waals surface area contributed by atoms with Crippen molar-refractivity contribution in [1.29, 1.82) is 0 Å². The molecule has 1 N–H and O–H groups in total. The Hall–Kier alpha value is -2.07. The largest absolute Gasteiger partial charge is 0.497 e. The summed E-state index contributed by atoms with van der Waals surface area (Å²) in [5.74, 6) is 0.688. The number of amides is 1. The Morgan fingerprint density at radius 1 is 1.20 bits per heavy atom. The zero-order chi connectivity index (χ0) is 14.1. The SMILES string of the molecule is COc1cccc(C=C2C(=O)Nc3ccc(Br)cc32)c1. The number of nitrogens with one attached hydrogen (secondary N) is 1. The molecule has 0 atom stereocenters. The van der Waals surface area contributed by atoms with Gasteiger partial charge in [-0.15, -0.1) is 0 Å². The molecule has 2 aromatic rings. The summed E-state index contributed by atoms with van der Waals surface area (Å²) >= 11 is 3.43. The average molecular weight is 330 g/mol. The fourth-order valence-electron chi connectivity index (χ4n) is 2.20. The number of halogens is 1. The Bertz CT molecular complexity index is 722. The van der Waals surface area contributed by atoms with E-state index in [1.807, 2.05) is 48.5 Å². The summed E-state index contributed by atoms with van der Waals surface area (Å²) in [5, 5.41) is 2.86. The number of fused-ring (bicyclic) bond motifs is 1. The molecule has 0 fully saturated rings. The molecule has 0 spiro atoms. The Morgan fingerprint density at radius 3 is 2.85 bits per heavy atom. The molecule has 0 aliphatic carbocycles. The molecule has 1 aliphatic heterocycles. The lowest BCUT2D eigenvalue weighted by atomic mass is 10.0. The second kappa shape index (κ2) is 5.13. The molecule has 2 aromatic carbocycles. The first kappa shape index (κ1) is 12.9. The van der Waals surface area contributed by atoms with E-state index < -0.39 is 0 Å². The van der Waals surface area contributed by atoms with E-state index >= 15 is 0 Å². The molecule has 0 saturated heterocycles. The van der Waals surface area contributed by atoms with Gasteiger partial charge in [0.2, 0.25) is 0 Å². The van der Waals surface area contributed by atoms with Gasteiger partial charge >= 0.3 is 0 Å². The fraction of sp³-hybridized carbons (Fsp3) is 0.0625. The monoisotopic (exact) mass is 329 g/mol. The Morgan fingerprint density at radius 2 is 2.05 bits per heavy atom. The normalized spacial score (nSPS) is 15.1. The maximum absolute atomic E-state index is 12.1. The minimum absolute atomic E-state index is 0.0825. The van der Waals surface area contributed by atoms with Gasteiger partial charge in [-0.1, -0.05) is 28.1 Å². The molecule has 3 rings (SSSR count). The van der Waals surface area contributed by atoms with E-state index in [0.29, 0.717) is 5.57 Å². The number of methoxy groups -OCH3 is 1. The van der Waals surface area contributed by atoms with E-state index in [4.69, 9.17) is 4.74 Å². The molecular formula is C16H12BrNO2. The van der Waals surface area contributed by atoms with Gasteiger partial charge in [0.05, 0.1) is 7.11 Å². The van der Waals surface area contributed by atoms with Gasteiger partial charge in [-0.25, -0.2) is 0 Å². The van der Waals surface area contributed by atoms with Crippen molar-refractivity contribution in [3.05, 3.63) is 58.1 Å². The standard InChI is InChI=1S/C16H12BrNO2/c1-20-12-4-2-3-10(7-12)8-14-13-9-11(17)5-6-15(13)18-16(14)19/h2-9H,1H3,(H,18,19). The highest BCUT2D eigenvalue weighted by molar-refractivity contribution is 9.10. The van der Waals surface area contributed by atoms with Crippen LogP contribution in [0.5, 0.6) is 5.75 Å². The smallest absolute Gasteiger partial charge is 0.256 e. The van der Waals surface area contributed by atoms with Crippen LogP contribution in [0.2, 0.25) is 0 Å². The van der Waals surface area contributed by atoms with Gasteiger partial charge < -0.3 is 10.1 Å². The predicted octanol–water partition coefficient (Wildman–Crippen LogP) is 3.95. The summed E-state index contributed by atoms with van der Waals surface area (Å²) in [6.07, 6.45) is 1.87. The molecule has 3 nitrogen and oxygen atoms in total. The van der Waals surface area contributed by atoms with Gasteiger partial charge in [0, 0.05) is 21.3 Å². The van der Waals surface area contributed by atoms with Crippen LogP contribution in [0.4, 0.5) is 5.69 Å². The van der Waals surface area contributed by atoms with E-state index in [0.717, 1.165) is 27.0 Å². The fourth-order valence-corrected chi connectivity index (χ4v) is 2.56. The maximum atomic E-state index is 12.1. The van der Waals surface area contributed by atoms with Crippen molar-refractivity contribution in [3.63, 3.8) is 0 Å². The Labute approximate surface area is 125 Å². The van der Waals surface area contributed by atoms with Gasteiger partial charge in [-0.05, 0) is 42.0 Å². The minimum atomic E-state index is -0.0825.